The number of rotatable bonds is 3. The van der Waals surface area contributed by atoms with Gasteiger partial charge in [0.05, 0.1) is 23.5 Å². The number of halogens is 3. The number of carbonyl (C=O) groups excluding carboxylic acids is 1. The first-order chi connectivity index (χ1) is 11.8. The van der Waals surface area contributed by atoms with Crippen molar-refractivity contribution in [3.8, 4) is 23.1 Å². The van der Waals surface area contributed by atoms with Crippen molar-refractivity contribution in [2.75, 3.05) is 0 Å². The molecule has 0 unspecified atom stereocenters. The number of aromatic amines is 1. The van der Waals surface area contributed by atoms with Gasteiger partial charge in [-0.1, -0.05) is 0 Å². The third-order valence-corrected chi connectivity index (χ3v) is 3.16. The highest BCUT2D eigenvalue weighted by Crippen LogP contribution is 2.35. The second-order valence-corrected chi connectivity index (χ2v) is 4.71. The Morgan fingerprint density at radius 1 is 1.32 bits per heavy atom. The van der Waals surface area contributed by atoms with Gasteiger partial charge in [-0.2, -0.15) is 33.7 Å². The van der Waals surface area contributed by atoms with Crippen LogP contribution in [-0.2, 0) is 6.18 Å². The van der Waals surface area contributed by atoms with Crippen molar-refractivity contribution in [1.29, 1.82) is 5.26 Å². The molecule has 3 N–H and O–H groups in total. The summed E-state index contributed by atoms with van der Waals surface area (Å²) in [4.78, 5) is 16.5. The Morgan fingerprint density at radius 2 is 2.00 bits per heavy atom. The number of amides is 1. The minimum absolute atomic E-state index is 0.00741. The lowest BCUT2D eigenvalue weighted by molar-refractivity contribution is -0.141. The Kier molecular flexibility index (Phi) is 3.68. The fourth-order valence-electron chi connectivity index (χ4n) is 2.15. The van der Waals surface area contributed by atoms with E-state index in [0.717, 1.165) is 11.0 Å². The topological polar surface area (TPSA) is 139 Å². The lowest BCUT2D eigenvalue weighted by Crippen LogP contribution is -2.18. The number of nitrogens with one attached hydrogen (secondary N) is 1. The average molecular weight is 348 g/mol. The molecule has 12 heteroatoms. The van der Waals surface area contributed by atoms with Gasteiger partial charge >= 0.3 is 6.18 Å². The monoisotopic (exact) mass is 348 g/mol. The lowest BCUT2D eigenvalue weighted by atomic mass is 10.1. The van der Waals surface area contributed by atoms with Gasteiger partial charge in [0.25, 0.3) is 5.91 Å². The minimum Gasteiger partial charge on any atom is -0.365 e. The molecule has 0 radical (unpaired) electrons. The Morgan fingerprint density at radius 3 is 2.56 bits per heavy atom. The maximum Gasteiger partial charge on any atom is 0.433 e. The van der Waals surface area contributed by atoms with Crippen molar-refractivity contribution in [2.24, 2.45) is 5.73 Å². The van der Waals surface area contributed by atoms with Crippen LogP contribution in [0.3, 0.4) is 0 Å². The van der Waals surface area contributed by atoms with Crippen LogP contribution >= 0.6 is 0 Å². The zero-order valence-corrected chi connectivity index (χ0v) is 12.1. The third kappa shape index (κ3) is 2.78. The number of nitriles is 1. The van der Waals surface area contributed by atoms with Gasteiger partial charge in [-0.15, -0.1) is 4.80 Å². The summed E-state index contributed by atoms with van der Waals surface area (Å²) in [7, 11) is 0. The Hall–Kier alpha value is -3.75. The number of H-pyrrole nitrogens is 1. The number of pyridine rings is 1. The summed E-state index contributed by atoms with van der Waals surface area (Å²) in [5, 5.41) is 22.2. The van der Waals surface area contributed by atoms with Crippen molar-refractivity contribution in [3.63, 3.8) is 0 Å². The van der Waals surface area contributed by atoms with Crippen LogP contribution in [0, 0.1) is 11.3 Å². The van der Waals surface area contributed by atoms with Gasteiger partial charge in [0.2, 0.25) is 0 Å². The molecular formula is C13H7F3N8O. The summed E-state index contributed by atoms with van der Waals surface area (Å²) in [6.45, 7) is 0. The van der Waals surface area contributed by atoms with Gasteiger partial charge in [0.1, 0.15) is 11.8 Å². The van der Waals surface area contributed by atoms with E-state index in [4.69, 9.17) is 5.73 Å². The number of primary amides is 1. The first-order valence-corrected chi connectivity index (χ1v) is 6.55. The molecule has 0 atom stereocenters. The summed E-state index contributed by atoms with van der Waals surface area (Å²) in [6, 6.07) is 3.06. The van der Waals surface area contributed by atoms with Crippen LogP contribution in [0.5, 0.6) is 0 Å². The van der Waals surface area contributed by atoms with E-state index in [2.05, 4.69) is 20.3 Å². The average Bonchev–Trinajstić information content (AvgIpc) is 3.23. The SMILES string of the molecule is N#Cc1cc(-c2n[nH]c(C(F)(F)F)c2C(N)=O)cnc1-n1nccn1. The van der Waals surface area contributed by atoms with E-state index in [1.807, 2.05) is 6.07 Å². The number of alkyl halides is 3. The van der Waals surface area contributed by atoms with Crippen molar-refractivity contribution in [1.82, 2.24) is 30.2 Å². The molecule has 0 aliphatic heterocycles. The Labute approximate surface area is 136 Å². The molecule has 3 heterocycles. The molecule has 3 rings (SSSR count). The summed E-state index contributed by atoms with van der Waals surface area (Å²) in [5.74, 6) is -1.24. The van der Waals surface area contributed by atoms with Gasteiger partial charge in [-0.05, 0) is 6.07 Å². The predicted molar refractivity (Wildman–Crippen MR) is 75.0 cm³/mol. The number of aromatic nitrogens is 6. The van der Waals surface area contributed by atoms with Crippen LogP contribution in [0.4, 0.5) is 13.2 Å². The highest BCUT2D eigenvalue weighted by molar-refractivity contribution is 6.00. The van der Waals surface area contributed by atoms with Gasteiger partial charge in [0.15, 0.2) is 11.5 Å². The molecule has 3 aromatic rings. The normalized spacial score (nSPS) is 11.3. The van der Waals surface area contributed by atoms with Gasteiger partial charge in [0, 0.05) is 11.8 Å². The smallest absolute Gasteiger partial charge is 0.365 e. The van der Waals surface area contributed by atoms with E-state index in [1.165, 1.54) is 18.5 Å². The standard InChI is InChI=1S/C13H7F3N8O/c14-13(15,16)10-8(11(18)25)9(22-23-10)7-3-6(4-17)12(19-5-7)24-20-1-2-21-24/h1-3,5H,(H2,18,25)(H,22,23). The van der Waals surface area contributed by atoms with Crippen LogP contribution in [0.25, 0.3) is 17.1 Å². The van der Waals surface area contributed by atoms with Crippen molar-refractivity contribution >= 4 is 5.91 Å². The van der Waals surface area contributed by atoms with Crippen molar-refractivity contribution in [2.45, 2.75) is 6.18 Å². The van der Waals surface area contributed by atoms with Gasteiger partial charge < -0.3 is 5.73 Å². The first kappa shape index (κ1) is 16.1. The number of hydrogen-bond acceptors (Lipinski definition) is 6. The molecule has 9 nitrogen and oxygen atoms in total. The van der Waals surface area contributed by atoms with Gasteiger partial charge in [-0.3, -0.25) is 9.89 Å². The molecule has 0 aliphatic rings. The number of nitrogens with zero attached hydrogens (tertiary/aromatic N) is 6. The Balaban J connectivity index is 2.17. The summed E-state index contributed by atoms with van der Waals surface area (Å²) < 4.78 is 38.9. The number of nitrogens with two attached hydrogens (primary N) is 1. The Bertz CT molecular complexity index is 984. The summed E-state index contributed by atoms with van der Waals surface area (Å²) in [6.07, 6.45) is -0.973. The molecule has 0 fully saturated rings. The molecule has 0 saturated heterocycles. The van der Waals surface area contributed by atoms with Crippen LogP contribution in [0.2, 0.25) is 0 Å². The molecular weight excluding hydrogens is 341 g/mol. The quantitative estimate of drug-likeness (QED) is 0.725. The second-order valence-electron chi connectivity index (χ2n) is 4.71. The molecule has 0 aliphatic carbocycles. The molecule has 126 valence electrons. The fraction of sp³-hybridized carbons (Fsp3) is 0.0769. The maximum atomic E-state index is 13.0. The molecule has 0 aromatic carbocycles. The first-order valence-electron chi connectivity index (χ1n) is 6.55. The molecule has 0 spiro atoms. The van der Waals surface area contributed by atoms with E-state index in [0.29, 0.717) is 0 Å². The third-order valence-electron chi connectivity index (χ3n) is 3.16. The van der Waals surface area contributed by atoms with E-state index in [-0.39, 0.29) is 22.6 Å². The zero-order chi connectivity index (χ0) is 18.2. The van der Waals surface area contributed by atoms with E-state index in [1.54, 1.807) is 5.10 Å². The van der Waals surface area contributed by atoms with E-state index >= 15 is 0 Å². The van der Waals surface area contributed by atoms with Crippen molar-refractivity contribution in [3.05, 3.63) is 41.5 Å². The number of carbonyl (C=O) groups is 1. The summed E-state index contributed by atoms with van der Waals surface area (Å²) >= 11 is 0. The largest absolute Gasteiger partial charge is 0.433 e. The van der Waals surface area contributed by atoms with E-state index in [9.17, 15) is 23.2 Å². The molecule has 3 aromatic heterocycles. The fourth-order valence-corrected chi connectivity index (χ4v) is 2.15. The van der Waals surface area contributed by atoms with Crippen LogP contribution in [-0.4, -0.2) is 36.1 Å². The molecule has 25 heavy (non-hydrogen) atoms. The van der Waals surface area contributed by atoms with Crippen LogP contribution < -0.4 is 5.73 Å². The maximum absolute atomic E-state index is 13.0. The highest BCUT2D eigenvalue weighted by atomic mass is 19.4. The molecule has 1 amide bonds. The minimum atomic E-state index is -4.85. The van der Waals surface area contributed by atoms with Crippen LogP contribution in [0.1, 0.15) is 21.6 Å². The predicted octanol–water partition coefficient (Wildman–Crippen LogP) is 1.04. The molecule has 0 bridgehead atoms. The highest BCUT2D eigenvalue weighted by Gasteiger charge is 2.39. The zero-order valence-electron chi connectivity index (χ0n) is 12.1. The summed E-state index contributed by atoms with van der Waals surface area (Å²) in [5.41, 5.74) is 2.49. The van der Waals surface area contributed by atoms with Gasteiger partial charge in [-0.25, -0.2) is 4.98 Å². The number of hydrogen-bond donors (Lipinski definition) is 2. The van der Waals surface area contributed by atoms with E-state index < -0.39 is 23.3 Å². The van der Waals surface area contributed by atoms with Crippen LogP contribution in [0.15, 0.2) is 24.7 Å². The second kappa shape index (κ2) is 5.71. The molecule has 0 saturated carbocycles. The van der Waals surface area contributed by atoms with Crippen molar-refractivity contribution < 1.29 is 18.0 Å². The lowest BCUT2D eigenvalue weighted by Gasteiger charge is -2.07.